The summed E-state index contributed by atoms with van der Waals surface area (Å²) in [6, 6.07) is 5.84. The largest absolute Gasteiger partial charge is 0.494 e. The summed E-state index contributed by atoms with van der Waals surface area (Å²) >= 11 is 0. The van der Waals surface area contributed by atoms with Crippen LogP contribution >= 0.6 is 0 Å². The molecule has 0 aliphatic carbocycles. The van der Waals surface area contributed by atoms with Crippen LogP contribution in [0.2, 0.25) is 0 Å². The summed E-state index contributed by atoms with van der Waals surface area (Å²) in [4.78, 5) is 21.4. The first-order valence-corrected chi connectivity index (χ1v) is 8.67. The Labute approximate surface area is 147 Å². The lowest BCUT2D eigenvalue weighted by atomic mass is 9.93. The van der Waals surface area contributed by atoms with E-state index in [1.54, 1.807) is 7.11 Å². The van der Waals surface area contributed by atoms with Crippen LogP contribution in [0.4, 0.5) is 5.95 Å². The third-order valence-electron chi connectivity index (χ3n) is 4.63. The quantitative estimate of drug-likeness (QED) is 0.771. The molecule has 0 bridgehead atoms. The molecule has 3 atom stereocenters. The van der Waals surface area contributed by atoms with Gasteiger partial charge in [-0.3, -0.25) is 10.1 Å². The Kier molecular flexibility index (Phi) is 5.03. The van der Waals surface area contributed by atoms with Crippen LogP contribution in [0.5, 0.6) is 5.75 Å². The molecule has 1 saturated heterocycles. The summed E-state index contributed by atoms with van der Waals surface area (Å²) in [7, 11) is 1.62. The lowest BCUT2D eigenvalue weighted by Gasteiger charge is -2.35. The average molecular weight is 343 g/mol. The number of hydrogen-bond acceptors (Lipinski definition) is 6. The highest BCUT2D eigenvalue weighted by Gasteiger charge is 2.32. The Morgan fingerprint density at radius 3 is 2.80 bits per heavy atom. The number of aromatic nitrogens is 2. The predicted octanol–water partition coefficient (Wildman–Crippen LogP) is 2.17. The maximum atomic E-state index is 12.3. The molecule has 3 N–H and O–H groups in total. The molecule has 1 aromatic heterocycles. The zero-order valence-electron chi connectivity index (χ0n) is 15.1. The maximum absolute atomic E-state index is 12.3. The van der Waals surface area contributed by atoms with Crippen LogP contribution in [-0.4, -0.2) is 35.3 Å². The van der Waals surface area contributed by atoms with Crippen LogP contribution in [0, 0.1) is 12.8 Å². The van der Waals surface area contributed by atoms with Gasteiger partial charge in [-0.1, -0.05) is 25.5 Å². The van der Waals surface area contributed by atoms with E-state index in [1.165, 1.54) is 0 Å². The van der Waals surface area contributed by atoms with E-state index in [0.717, 1.165) is 29.4 Å². The summed E-state index contributed by atoms with van der Waals surface area (Å²) in [6.45, 7) is 6.05. The molecule has 2 heterocycles. The zero-order valence-corrected chi connectivity index (χ0v) is 15.1. The van der Waals surface area contributed by atoms with Gasteiger partial charge in [0.1, 0.15) is 11.3 Å². The summed E-state index contributed by atoms with van der Waals surface area (Å²) in [6.07, 6.45) is 1.45. The van der Waals surface area contributed by atoms with Crippen molar-refractivity contribution in [3.05, 3.63) is 23.9 Å². The topological polar surface area (TPSA) is 88.2 Å². The van der Waals surface area contributed by atoms with Crippen LogP contribution in [0.25, 0.3) is 10.9 Å². The van der Waals surface area contributed by atoms with E-state index < -0.39 is 6.29 Å². The number of carbonyl (C=O) groups excluding carboxylic acids is 1. The Morgan fingerprint density at radius 2 is 2.12 bits per heavy atom. The molecule has 0 radical (unpaired) electrons. The smallest absolute Gasteiger partial charge is 0.227 e. The number of hydrogen-bond donors (Lipinski definition) is 3. The first-order valence-electron chi connectivity index (χ1n) is 8.67. The number of fused-ring (bicyclic) bond motifs is 1. The van der Waals surface area contributed by atoms with Gasteiger partial charge in [-0.05, 0) is 26.3 Å². The van der Waals surface area contributed by atoms with Crippen molar-refractivity contribution in [1.29, 1.82) is 0 Å². The average Bonchev–Trinajstić information content (AvgIpc) is 2.58. The van der Waals surface area contributed by atoms with Crippen molar-refractivity contribution >= 4 is 22.8 Å². The van der Waals surface area contributed by atoms with Gasteiger partial charge < -0.3 is 15.4 Å². The van der Waals surface area contributed by atoms with Gasteiger partial charge in [-0.25, -0.2) is 9.97 Å². The Bertz CT molecular complexity index is 779. The fourth-order valence-corrected chi connectivity index (χ4v) is 3.30. The molecule has 134 valence electrons. The standard InChI is InChI=1S/C18H25N5O2/c1-5-7-13-11(3)20-18(22-16(13)24)23-17-19-10(2)12-8-6-9-14(25-4)15(12)21-17/h6,8-9,11,13,18,20H,5,7H2,1-4H3,(H,22,24)(H,19,21,23). The van der Waals surface area contributed by atoms with Crippen molar-refractivity contribution in [3.63, 3.8) is 0 Å². The molecule has 1 aliphatic rings. The minimum atomic E-state index is -0.401. The van der Waals surface area contributed by atoms with E-state index >= 15 is 0 Å². The molecular formula is C18H25N5O2. The van der Waals surface area contributed by atoms with Crippen LogP contribution in [0.1, 0.15) is 32.4 Å². The number of benzene rings is 1. The molecule has 1 aromatic carbocycles. The maximum Gasteiger partial charge on any atom is 0.227 e. The highest BCUT2D eigenvalue weighted by Crippen LogP contribution is 2.26. The third kappa shape index (κ3) is 3.51. The molecule has 0 spiro atoms. The van der Waals surface area contributed by atoms with Crippen LogP contribution in [0.15, 0.2) is 18.2 Å². The summed E-state index contributed by atoms with van der Waals surface area (Å²) in [5.41, 5.74) is 1.60. The molecular weight excluding hydrogens is 318 g/mol. The van der Waals surface area contributed by atoms with Gasteiger partial charge in [0.15, 0.2) is 6.29 Å². The van der Waals surface area contributed by atoms with Gasteiger partial charge >= 0.3 is 0 Å². The highest BCUT2D eigenvalue weighted by atomic mass is 16.5. The van der Waals surface area contributed by atoms with Crippen molar-refractivity contribution in [2.24, 2.45) is 5.92 Å². The minimum absolute atomic E-state index is 0.0117. The lowest BCUT2D eigenvalue weighted by molar-refractivity contribution is -0.129. The molecule has 1 fully saturated rings. The number of amides is 1. The predicted molar refractivity (Wildman–Crippen MR) is 97.4 cm³/mol. The number of carbonyl (C=O) groups is 1. The van der Waals surface area contributed by atoms with Crippen LogP contribution < -0.4 is 20.7 Å². The summed E-state index contributed by atoms with van der Waals surface area (Å²) < 4.78 is 5.40. The van der Waals surface area contributed by atoms with Crippen molar-refractivity contribution in [1.82, 2.24) is 20.6 Å². The minimum Gasteiger partial charge on any atom is -0.494 e. The van der Waals surface area contributed by atoms with Gasteiger partial charge in [-0.15, -0.1) is 0 Å². The number of methoxy groups -OCH3 is 1. The molecule has 7 nitrogen and oxygen atoms in total. The van der Waals surface area contributed by atoms with Crippen molar-refractivity contribution in [2.45, 2.75) is 45.9 Å². The number of nitrogens with one attached hydrogen (secondary N) is 3. The highest BCUT2D eigenvalue weighted by molar-refractivity contribution is 5.87. The van der Waals surface area contributed by atoms with E-state index in [4.69, 9.17) is 4.74 Å². The van der Waals surface area contributed by atoms with Gasteiger partial charge in [0.05, 0.1) is 18.7 Å². The first-order chi connectivity index (χ1) is 12.0. The second kappa shape index (κ2) is 7.23. The Hall–Kier alpha value is -2.41. The van der Waals surface area contributed by atoms with Crippen LogP contribution in [0.3, 0.4) is 0 Å². The normalized spacial score (nSPS) is 23.4. The molecule has 3 unspecified atom stereocenters. The molecule has 3 rings (SSSR count). The first kappa shape index (κ1) is 17.4. The Morgan fingerprint density at radius 1 is 1.32 bits per heavy atom. The number of anilines is 1. The van der Waals surface area contributed by atoms with Crippen molar-refractivity contribution in [2.75, 3.05) is 12.4 Å². The second-order valence-electron chi connectivity index (χ2n) is 6.43. The molecule has 1 amide bonds. The number of aryl methyl sites for hydroxylation is 1. The number of ether oxygens (including phenoxy) is 1. The van der Waals surface area contributed by atoms with Gasteiger partial charge in [0.2, 0.25) is 11.9 Å². The molecule has 2 aromatic rings. The van der Waals surface area contributed by atoms with Gasteiger partial charge in [0.25, 0.3) is 0 Å². The van der Waals surface area contributed by atoms with E-state index in [1.807, 2.05) is 32.0 Å². The van der Waals surface area contributed by atoms with Crippen LogP contribution in [-0.2, 0) is 4.79 Å². The zero-order chi connectivity index (χ0) is 18.0. The van der Waals surface area contributed by atoms with E-state index in [2.05, 4.69) is 32.8 Å². The van der Waals surface area contributed by atoms with Gasteiger partial charge in [0, 0.05) is 11.4 Å². The molecule has 0 saturated carbocycles. The lowest BCUT2D eigenvalue weighted by Crippen LogP contribution is -2.63. The van der Waals surface area contributed by atoms with E-state index in [9.17, 15) is 4.79 Å². The molecule has 1 aliphatic heterocycles. The summed E-state index contributed by atoms with van der Waals surface area (Å²) in [5, 5.41) is 10.4. The van der Waals surface area contributed by atoms with Gasteiger partial charge in [-0.2, -0.15) is 0 Å². The fourth-order valence-electron chi connectivity index (χ4n) is 3.30. The third-order valence-corrected chi connectivity index (χ3v) is 4.63. The fraction of sp³-hybridized carbons (Fsp3) is 0.500. The second-order valence-corrected chi connectivity index (χ2v) is 6.43. The van der Waals surface area contributed by atoms with E-state index in [0.29, 0.717) is 11.7 Å². The monoisotopic (exact) mass is 343 g/mol. The Balaban J connectivity index is 1.83. The number of nitrogens with zero attached hydrogens (tertiary/aromatic N) is 2. The van der Waals surface area contributed by atoms with Crippen molar-refractivity contribution in [3.8, 4) is 5.75 Å². The number of rotatable bonds is 5. The summed E-state index contributed by atoms with van der Waals surface area (Å²) in [5.74, 6) is 1.19. The molecule has 7 heteroatoms. The van der Waals surface area contributed by atoms with E-state index in [-0.39, 0.29) is 17.9 Å². The molecule has 25 heavy (non-hydrogen) atoms. The van der Waals surface area contributed by atoms with Crippen molar-refractivity contribution < 1.29 is 9.53 Å². The number of para-hydroxylation sites is 1. The SMILES string of the molecule is CCCC1C(=O)NC(Nc2nc(C)c3cccc(OC)c3n2)NC1C.